The van der Waals surface area contributed by atoms with Crippen LogP contribution in [0.15, 0.2) is 10.6 Å². The predicted molar refractivity (Wildman–Crippen MR) is 102 cm³/mol. The minimum absolute atomic E-state index is 0.0820. The molecule has 0 aliphatic carbocycles. The molecule has 3 atom stereocenters. The molecule has 2 N–H and O–H groups in total. The SMILES string of the molecule is Cc1cc(C(=O)N2C[Si](C)(C)C[C@H]2C(=O)N[C@H](C#N)C[C@@H]2CCNC2=O)on1. The number of carbonyl (C=O) groups is 3. The lowest BCUT2D eigenvalue weighted by atomic mass is 9.99. The maximum atomic E-state index is 12.9. The lowest BCUT2D eigenvalue weighted by molar-refractivity contribution is -0.126. The molecule has 3 amide bonds. The Kier molecular flexibility index (Phi) is 5.56. The molecular formula is C18H25N5O4Si. The van der Waals surface area contributed by atoms with Gasteiger partial charge in [-0.05, 0) is 25.8 Å². The Morgan fingerprint density at radius 1 is 1.54 bits per heavy atom. The summed E-state index contributed by atoms with van der Waals surface area (Å²) in [5.74, 6) is -0.952. The van der Waals surface area contributed by atoms with Crippen LogP contribution in [0.3, 0.4) is 0 Å². The van der Waals surface area contributed by atoms with E-state index in [1.54, 1.807) is 13.0 Å². The first kappa shape index (κ1) is 20.1. The highest BCUT2D eigenvalue weighted by molar-refractivity contribution is 6.79. The normalized spacial score (nSPS) is 24.5. The van der Waals surface area contributed by atoms with Gasteiger partial charge in [0.15, 0.2) is 0 Å². The zero-order chi connectivity index (χ0) is 20.5. The Morgan fingerprint density at radius 3 is 2.86 bits per heavy atom. The van der Waals surface area contributed by atoms with Gasteiger partial charge >= 0.3 is 0 Å². The van der Waals surface area contributed by atoms with Gasteiger partial charge in [0.1, 0.15) is 12.1 Å². The van der Waals surface area contributed by atoms with Gasteiger partial charge in [0, 0.05) is 24.7 Å². The first-order chi connectivity index (χ1) is 13.2. The number of carbonyl (C=O) groups excluding carboxylic acids is 3. The van der Waals surface area contributed by atoms with Crippen LogP contribution in [0.25, 0.3) is 0 Å². The molecule has 0 saturated carbocycles. The van der Waals surface area contributed by atoms with Crippen LogP contribution in [0.4, 0.5) is 0 Å². The minimum Gasteiger partial charge on any atom is -0.356 e. The van der Waals surface area contributed by atoms with Crippen molar-refractivity contribution < 1.29 is 18.9 Å². The fourth-order valence-corrected chi connectivity index (χ4v) is 6.76. The smallest absolute Gasteiger partial charge is 0.292 e. The van der Waals surface area contributed by atoms with Crippen LogP contribution < -0.4 is 10.6 Å². The molecule has 10 heteroatoms. The lowest BCUT2D eigenvalue weighted by Crippen LogP contribution is -2.49. The molecule has 3 rings (SSSR count). The van der Waals surface area contributed by atoms with Crippen molar-refractivity contribution in [2.24, 2.45) is 5.92 Å². The molecule has 0 unspecified atom stereocenters. The molecule has 2 aliphatic heterocycles. The van der Waals surface area contributed by atoms with Crippen molar-refractivity contribution in [3.63, 3.8) is 0 Å². The van der Waals surface area contributed by atoms with Gasteiger partial charge < -0.3 is 20.1 Å². The largest absolute Gasteiger partial charge is 0.356 e. The molecule has 150 valence electrons. The molecule has 1 aromatic heterocycles. The van der Waals surface area contributed by atoms with E-state index in [1.807, 2.05) is 0 Å². The Hall–Kier alpha value is -2.67. The summed E-state index contributed by atoms with van der Waals surface area (Å²) in [5, 5.41) is 18.7. The van der Waals surface area contributed by atoms with Gasteiger partial charge in [-0.2, -0.15) is 5.26 Å². The molecule has 3 heterocycles. The number of hydrogen-bond acceptors (Lipinski definition) is 6. The van der Waals surface area contributed by atoms with E-state index in [4.69, 9.17) is 4.52 Å². The average molecular weight is 404 g/mol. The topological polar surface area (TPSA) is 128 Å². The zero-order valence-electron chi connectivity index (χ0n) is 16.3. The lowest BCUT2D eigenvalue weighted by Gasteiger charge is -2.24. The van der Waals surface area contributed by atoms with Gasteiger partial charge in [-0.3, -0.25) is 14.4 Å². The van der Waals surface area contributed by atoms with Crippen molar-refractivity contribution in [1.82, 2.24) is 20.7 Å². The van der Waals surface area contributed by atoms with E-state index in [0.717, 1.165) is 0 Å². The third-order valence-electron chi connectivity index (χ3n) is 5.28. The number of hydrogen-bond donors (Lipinski definition) is 2. The first-order valence-corrected chi connectivity index (χ1v) is 12.8. The Bertz CT molecular complexity index is 830. The maximum Gasteiger partial charge on any atom is 0.292 e. The Morgan fingerprint density at radius 2 is 2.29 bits per heavy atom. The Labute approximate surface area is 164 Å². The molecular weight excluding hydrogens is 378 g/mol. The van der Waals surface area contributed by atoms with E-state index in [1.165, 1.54) is 4.90 Å². The molecule has 0 spiro atoms. The van der Waals surface area contributed by atoms with Crippen LogP contribution in [0.2, 0.25) is 19.1 Å². The van der Waals surface area contributed by atoms with Crippen LogP contribution in [0.5, 0.6) is 0 Å². The van der Waals surface area contributed by atoms with Gasteiger partial charge in [-0.25, -0.2) is 0 Å². The van der Waals surface area contributed by atoms with E-state index in [9.17, 15) is 19.6 Å². The van der Waals surface area contributed by atoms with Crippen LogP contribution in [0, 0.1) is 24.2 Å². The van der Waals surface area contributed by atoms with E-state index < -0.39 is 20.2 Å². The van der Waals surface area contributed by atoms with Crippen LogP contribution in [0.1, 0.15) is 29.1 Å². The number of nitriles is 1. The number of amides is 3. The zero-order valence-corrected chi connectivity index (χ0v) is 17.3. The molecule has 1 aromatic rings. The third-order valence-corrected chi connectivity index (χ3v) is 7.97. The van der Waals surface area contributed by atoms with Gasteiger partial charge in [0.2, 0.25) is 17.6 Å². The second-order valence-electron chi connectivity index (χ2n) is 8.35. The molecule has 2 aliphatic rings. The van der Waals surface area contributed by atoms with Gasteiger partial charge in [0.25, 0.3) is 5.91 Å². The fraction of sp³-hybridized carbons (Fsp3) is 0.611. The van der Waals surface area contributed by atoms with Crippen LogP contribution >= 0.6 is 0 Å². The van der Waals surface area contributed by atoms with Crippen LogP contribution in [-0.2, 0) is 9.59 Å². The van der Waals surface area contributed by atoms with Crippen molar-refractivity contribution in [1.29, 1.82) is 5.26 Å². The molecule has 0 aromatic carbocycles. The third kappa shape index (κ3) is 4.25. The number of rotatable bonds is 5. The standard InChI is InChI=1S/C18H25N5O4Si/c1-11-6-15(27-22-11)18(26)23-10-28(2,3)9-14(23)17(25)21-13(8-19)7-12-4-5-20-16(12)24/h6,12-14H,4-5,7,9-10H2,1-3H3,(H,20,24)(H,21,25)/t12-,13-,14-/m0/s1. The molecule has 2 saturated heterocycles. The van der Waals surface area contributed by atoms with E-state index in [2.05, 4.69) is 35.0 Å². The molecule has 0 bridgehead atoms. The van der Waals surface area contributed by atoms with Crippen molar-refractivity contribution in [3.05, 3.63) is 17.5 Å². The summed E-state index contributed by atoms with van der Waals surface area (Å²) in [6.07, 6.45) is 1.47. The second-order valence-corrected chi connectivity index (χ2v) is 13.4. The summed E-state index contributed by atoms with van der Waals surface area (Å²) in [6.45, 7) is 6.56. The average Bonchev–Trinajstić information content (AvgIpc) is 3.33. The van der Waals surface area contributed by atoms with E-state index >= 15 is 0 Å². The number of nitrogens with zero attached hydrogens (tertiary/aromatic N) is 3. The summed E-state index contributed by atoms with van der Waals surface area (Å²) in [6, 6.07) is 2.83. The predicted octanol–water partition coefficient (Wildman–Crippen LogP) is 0.590. The summed E-state index contributed by atoms with van der Waals surface area (Å²) in [4.78, 5) is 39.1. The minimum atomic E-state index is -1.79. The van der Waals surface area contributed by atoms with E-state index in [-0.39, 0.29) is 35.8 Å². The highest BCUT2D eigenvalue weighted by atomic mass is 28.3. The molecule has 28 heavy (non-hydrogen) atoms. The highest BCUT2D eigenvalue weighted by Crippen LogP contribution is 2.29. The van der Waals surface area contributed by atoms with E-state index in [0.29, 0.717) is 30.9 Å². The summed E-state index contributed by atoms with van der Waals surface area (Å²) < 4.78 is 5.08. The van der Waals surface area contributed by atoms with Crippen molar-refractivity contribution in [2.45, 2.75) is 51.0 Å². The van der Waals surface area contributed by atoms with Crippen molar-refractivity contribution >= 4 is 25.8 Å². The number of aryl methyl sites for hydroxylation is 1. The van der Waals surface area contributed by atoms with Crippen LogP contribution in [-0.4, -0.2) is 60.6 Å². The maximum absolute atomic E-state index is 12.9. The quantitative estimate of drug-likeness (QED) is 0.693. The van der Waals surface area contributed by atoms with Crippen molar-refractivity contribution in [3.8, 4) is 6.07 Å². The second kappa shape index (κ2) is 7.75. The summed E-state index contributed by atoms with van der Waals surface area (Å²) in [5.41, 5.74) is 0.597. The fourth-order valence-electron chi connectivity index (χ4n) is 3.89. The Balaban J connectivity index is 1.71. The van der Waals surface area contributed by atoms with Gasteiger partial charge in [0.05, 0.1) is 19.8 Å². The first-order valence-electron chi connectivity index (χ1n) is 9.42. The molecule has 9 nitrogen and oxygen atoms in total. The van der Waals surface area contributed by atoms with Gasteiger partial charge in [-0.15, -0.1) is 0 Å². The summed E-state index contributed by atoms with van der Waals surface area (Å²) in [7, 11) is -1.79. The monoisotopic (exact) mass is 403 g/mol. The van der Waals surface area contributed by atoms with Crippen molar-refractivity contribution in [2.75, 3.05) is 12.7 Å². The molecule has 0 radical (unpaired) electrons. The number of aromatic nitrogens is 1. The highest BCUT2D eigenvalue weighted by Gasteiger charge is 2.46. The number of nitrogens with one attached hydrogen (secondary N) is 2. The van der Waals surface area contributed by atoms with Gasteiger partial charge in [-0.1, -0.05) is 18.3 Å². The summed E-state index contributed by atoms with van der Waals surface area (Å²) >= 11 is 0. The molecule has 2 fully saturated rings.